The normalized spacial score (nSPS) is 16.3. The first-order chi connectivity index (χ1) is 14.0. The van der Waals surface area contributed by atoms with Crippen LogP contribution in [0, 0.1) is 0 Å². The Balaban J connectivity index is 1.35. The predicted molar refractivity (Wildman–Crippen MR) is 110 cm³/mol. The quantitative estimate of drug-likeness (QED) is 0.635. The van der Waals surface area contributed by atoms with Gasteiger partial charge in [-0.05, 0) is 30.2 Å². The van der Waals surface area contributed by atoms with Crippen LogP contribution in [0.3, 0.4) is 0 Å². The Morgan fingerprint density at radius 2 is 1.86 bits per heavy atom. The number of aromatic nitrogens is 1. The Morgan fingerprint density at radius 3 is 2.66 bits per heavy atom. The number of carbonyl (C=O) groups excluding carboxylic acids is 3. The molecule has 4 amide bonds. The highest BCUT2D eigenvalue weighted by atomic mass is 16.2. The number of benzene rings is 2. The maximum atomic E-state index is 12.6. The number of nitrogens with zero attached hydrogens (tertiary/aromatic N) is 2. The third kappa shape index (κ3) is 3.85. The lowest BCUT2D eigenvalue weighted by molar-refractivity contribution is -0.128. The minimum absolute atomic E-state index is 0.138. The van der Waals surface area contributed by atoms with Gasteiger partial charge in [-0.3, -0.25) is 14.5 Å². The van der Waals surface area contributed by atoms with E-state index in [9.17, 15) is 14.4 Å². The smallest absolute Gasteiger partial charge is 0.325 e. The van der Waals surface area contributed by atoms with Gasteiger partial charge in [0.15, 0.2) is 0 Å². The SMILES string of the molecule is Cn1ccc2c(NC(=O)CC[C@@H]3NC(=O)N(Cc4ccccc4)C3=O)cccc21. The van der Waals surface area contributed by atoms with Crippen LogP contribution in [0.4, 0.5) is 10.5 Å². The predicted octanol–water partition coefficient (Wildman–Crippen LogP) is 3.02. The fraction of sp³-hybridized carbons (Fsp3) is 0.227. The monoisotopic (exact) mass is 390 g/mol. The Kier molecular flexibility index (Phi) is 5.03. The molecule has 0 radical (unpaired) electrons. The highest BCUT2D eigenvalue weighted by molar-refractivity contribution is 6.05. The van der Waals surface area contributed by atoms with Crippen LogP contribution in [0.1, 0.15) is 18.4 Å². The van der Waals surface area contributed by atoms with Crippen molar-refractivity contribution in [1.82, 2.24) is 14.8 Å². The molecule has 1 aliphatic heterocycles. The van der Waals surface area contributed by atoms with Gasteiger partial charge in [0.2, 0.25) is 5.91 Å². The zero-order valence-electron chi connectivity index (χ0n) is 16.1. The van der Waals surface area contributed by atoms with Crippen molar-refractivity contribution >= 4 is 34.4 Å². The van der Waals surface area contributed by atoms with E-state index in [1.807, 2.05) is 72.4 Å². The summed E-state index contributed by atoms with van der Waals surface area (Å²) < 4.78 is 1.99. The van der Waals surface area contributed by atoms with E-state index in [1.165, 1.54) is 4.90 Å². The van der Waals surface area contributed by atoms with Gasteiger partial charge in [-0.1, -0.05) is 36.4 Å². The topological polar surface area (TPSA) is 83.4 Å². The van der Waals surface area contributed by atoms with Crippen LogP contribution in [0.25, 0.3) is 10.9 Å². The van der Waals surface area contributed by atoms with E-state index in [2.05, 4.69) is 10.6 Å². The molecular weight excluding hydrogens is 368 g/mol. The molecule has 7 nitrogen and oxygen atoms in total. The van der Waals surface area contributed by atoms with Crippen molar-refractivity contribution in [2.75, 3.05) is 5.32 Å². The number of imide groups is 1. The highest BCUT2D eigenvalue weighted by Gasteiger charge is 2.37. The van der Waals surface area contributed by atoms with Gasteiger partial charge in [0.25, 0.3) is 5.91 Å². The summed E-state index contributed by atoms with van der Waals surface area (Å²) in [7, 11) is 1.95. The van der Waals surface area contributed by atoms with Crippen molar-refractivity contribution in [3.63, 3.8) is 0 Å². The molecule has 7 heteroatoms. The van der Waals surface area contributed by atoms with Gasteiger partial charge >= 0.3 is 6.03 Å². The molecule has 1 aliphatic rings. The molecule has 148 valence electrons. The average molecular weight is 390 g/mol. The first-order valence-corrected chi connectivity index (χ1v) is 9.52. The third-order valence-electron chi connectivity index (χ3n) is 5.15. The van der Waals surface area contributed by atoms with E-state index in [-0.39, 0.29) is 31.2 Å². The molecule has 1 atom stereocenters. The number of hydrogen-bond acceptors (Lipinski definition) is 3. The van der Waals surface area contributed by atoms with Gasteiger partial charge < -0.3 is 15.2 Å². The minimum Gasteiger partial charge on any atom is -0.350 e. The van der Waals surface area contributed by atoms with Gasteiger partial charge in [-0.15, -0.1) is 0 Å². The van der Waals surface area contributed by atoms with Crippen LogP contribution in [0.2, 0.25) is 0 Å². The van der Waals surface area contributed by atoms with Crippen molar-refractivity contribution in [2.24, 2.45) is 7.05 Å². The van der Waals surface area contributed by atoms with E-state index < -0.39 is 12.1 Å². The zero-order valence-corrected chi connectivity index (χ0v) is 16.1. The van der Waals surface area contributed by atoms with Crippen molar-refractivity contribution < 1.29 is 14.4 Å². The molecule has 0 unspecified atom stereocenters. The summed E-state index contributed by atoms with van der Waals surface area (Å²) >= 11 is 0. The average Bonchev–Trinajstić information content (AvgIpc) is 3.23. The summed E-state index contributed by atoms with van der Waals surface area (Å²) in [6, 6.07) is 15.9. The number of nitrogens with one attached hydrogen (secondary N) is 2. The number of carbonyl (C=O) groups is 3. The molecule has 2 heterocycles. The maximum absolute atomic E-state index is 12.6. The molecule has 3 aromatic rings. The highest BCUT2D eigenvalue weighted by Crippen LogP contribution is 2.24. The molecule has 29 heavy (non-hydrogen) atoms. The summed E-state index contributed by atoms with van der Waals surface area (Å²) in [5.41, 5.74) is 2.64. The lowest BCUT2D eigenvalue weighted by Crippen LogP contribution is -2.31. The van der Waals surface area contributed by atoms with E-state index in [1.54, 1.807) is 0 Å². The van der Waals surface area contributed by atoms with Crippen molar-refractivity contribution in [3.05, 3.63) is 66.4 Å². The van der Waals surface area contributed by atoms with Crippen molar-refractivity contribution in [1.29, 1.82) is 0 Å². The van der Waals surface area contributed by atoms with Crippen molar-refractivity contribution in [3.8, 4) is 0 Å². The van der Waals surface area contributed by atoms with Crippen LogP contribution in [0.5, 0.6) is 0 Å². The number of amides is 4. The second-order valence-electron chi connectivity index (χ2n) is 7.16. The first kappa shape index (κ1) is 18.7. The largest absolute Gasteiger partial charge is 0.350 e. The van der Waals surface area contributed by atoms with Gasteiger partial charge in [-0.2, -0.15) is 0 Å². The summed E-state index contributed by atoms with van der Waals surface area (Å²) in [5, 5.41) is 6.55. The number of rotatable bonds is 6. The first-order valence-electron chi connectivity index (χ1n) is 9.52. The van der Waals surface area contributed by atoms with Gasteiger partial charge in [0.05, 0.1) is 12.2 Å². The second kappa shape index (κ2) is 7.79. The van der Waals surface area contributed by atoms with Crippen molar-refractivity contribution in [2.45, 2.75) is 25.4 Å². The van der Waals surface area contributed by atoms with Gasteiger partial charge in [-0.25, -0.2) is 4.79 Å². The Labute approximate surface area is 168 Å². The third-order valence-corrected chi connectivity index (χ3v) is 5.15. The number of fused-ring (bicyclic) bond motifs is 1. The lowest BCUT2D eigenvalue weighted by atomic mass is 10.1. The Hall–Kier alpha value is -3.61. The van der Waals surface area contributed by atoms with Crippen LogP contribution in [-0.4, -0.2) is 33.4 Å². The zero-order chi connectivity index (χ0) is 20.4. The second-order valence-corrected chi connectivity index (χ2v) is 7.16. The van der Waals surface area contributed by atoms with Gasteiger partial charge in [0, 0.05) is 30.6 Å². The van der Waals surface area contributed by atoms with E-state index in [4.69, 9.17) is 0 Å². The molecule has 1 aromatic heterocycles. The standard InChI is InChI=1S/C22H22N4O3/c1-25-13-12-16-17(8-5-9-19(16)25)23-20(27)11-10-18-21(28)26(22(29)24-18)14-15-6-3-2-4-7-15/h2-9,12-13,18H,10-11,14H2,1H3,(H,23,27)(H,24,29)/t18-/m0/s1. The molecule has 1 saturated heterocycles. The van der Waals surface area contributed by atoms with E-state index in [0.717, 1.165) is 22.2 Å². The number of hydrogen-bond donors (Lipinski definition) is 2. The number of anilines is 1. The van der Waals surface area contributed by atoms with E-state index in [0.29, 0.717) is 0 Å². The molecule has 0 saturated carbocycles. The molecule has 2 aromatic carbocycles. The fourth-order valence-corrected chi connectivity index (χ4v) is 3.59. The number of urea groups is 1. The summed E-state index contributed by atoms with van der Waals surface area (Å²) in [4.78, 5) is 38.4. The Bertz CT molecular complexity index is 1070. The Morgan fingerprint density at radius 1 is 1.07 bits per heavy atom. The molecule has 1 fully saturated rings. The number of aryl methyl sites for hydroxylation is 1. The molecule has 2 N–H and O–H groups in total. The summed E-state index contributed by atoms with van der Waals surface area (Å²) in [6.07, 6.45) is 2.33. The summed E-state index contributed by atoms with van der Waals surface area (Å²) in [5.74, 6) is -0.485. The van der Waals surface area contributed by atoms with Crippen LogP contribution in [0.15, 0.2) is 60.8 Å². The van der Waals surface area contributed by atoms with Crippen LogP contribution < -0.4 is 10.6 Å². The molecular formula is C22H22N4O3. The maximum Gasteiger partial charge on any atom is 0.325 e. The molecule has 0 bridgehead atoms. The lowest BCUT2D eigenvalue weighted by Gasteiger charge is -2.13. The van der Waals surface area contributed by atoms with Gasteiger partial charge in [0.1, 0.15) is 6.04 Å². The fourth-order valence-electron chi connectivity index (χ4n) is 3.59. The molecule has 0 aliphatic carbocycles. The molecule has 4 rings (SSSR count). The van der Waals surface area contributed by atoms with Crippen LogP contribution >= 0.6 is 0 Å². The minimum atomic E-state index is -0.676. The van der Waals surface area contributed by atoms with E-state index >= 15 is 0 Å². The molecule has 0 spiro atoms. The summed E-state index contributed by atoms with van der Waals surface area (Å²) in [6.45, 7) is 0.226. The van der Waals surface area contributed by atoms with Crippen LogP contribution in [-0.2, 0) is 23.2 Å².